The minimum Gasteiger partial charge on any atom is -0.493 e. The van der Waals surface area contributed by atoms with Crippen molar-refractivity contribution in [1.29, 1.82) is 0 Å². The fourth-order valence-electron chi connectivity index (χ4n) is 5.90. The molecule has 10 heteroatoms. The molecule has 3 aliphatic rings. The van der Waals surface area contributed by atoms with Crippen molar-refractivity contribution in [3.63, 3.8) is 0 Å². The van der Waals surface area contributed by atoms with Crippen LogP contribution in [0.25, 0.3) is 0 Å². The summed E-state index contributed by atoms with van der Waals surface area (Å²) in [4.78, 5) is 67.0. The standard InChI is InChI=1S/C24H28N2O8/c1-26(2)18-13-10-12-9-11-5-3-6-14(34-8-4-7-27)15(11)19(28)16(12)21(30)24(13,33)22(31)17(20(18)29)23(25)32/h3,5-6,12-13,16-18,27,33H,4,7-10H2,1-2H3,(H2,25,32). The number of rotatable bonds is 6. The number of aliphatic hydroxyl groups excluding tert-OH is 1. The number of hydrogen-bond acceptors (Lipinski definition) is 9. The first-order valence-corrected chi connectivity index (χ1v) is 11.3. The van der Waals surface area contributed by atoms with Gasteiger partial charge in [-0.15, -0.1) is 0 Å². The highest BCUT2D eigenvalue weighted by atomic mass is 16.5. The predicted molar refractivity (Wildman–Crippen MR) is 117 cm³/mol. The lowest BCUT2D eigenvalue weighted by atomic mass is 9.52. The first kappa shape index (κ1) is 24.2. The number of nitrogens with zero attached hydrogens (tertiary/aromatic N) is 1. The molecule has 0 saturated heterocycles. The van der Waals surface area contributed by atoms with Gasteiger partial charge in [0, 0.05) is 18.9 Å². The van der Waals surface area contributed by atoms with Gasteiger partial charge in [0.1, 0.15) is 5.75 Å². The van der Waals surface area contributed by atoms with Crippen LogP contribution >= 0.6 is 0 Å². The zero-order chi connectivity index (χ0) is 24.9. The van der Waals surface area contributed by atoms with Crippen molar-refractivity contribution in [1.82, 2.24) is 4.90 Å². The Balaban J connectivity index is 1.79. The number of benzene rings is 1. The molecule has 1 amide bonds. The molecule has 4 rings (SSSR count). The molecule has 182 valence electrons. The fourth-order valence-corrected chi connectivity index (χ4v) is 5.90. The quantitative estimate of drug-likeness (QED) is 0.345. The number of nitrogens with two attached hydrogens (primary N) is 1. The first-order chi connectivity index (χ1) is 16.0. The highest BCUT2D eigenvalue weighted by molar-refractivity contribution is 6.32. The lowest BCUT2D eigenvalue weighted by molar-refractivity contribution is -0.181. The van der Waals surface area contributed by atoms with E-state index in [9.17, 15) is 29.1 Å². The van der Waals surface area contributed by atoms with Crippen molar-refractivity contribution < 1.29 is 38.9 Å². The molecule has 0 bridgehead atoms. The van der Waals surface area contributed by atoms with Crippen molar-refractivity contribution in [3.05, 3.63) is 29.3 Å². The monoisotopic (exact) mass is 472 g/mol. The van der Waals surface area contributed by atoms with Crippen LogP contribution in [-0.4, -0.2) is 83.1 Å². The number of primary amides is 1. The van der Waals surface area contributed by atoms with Crippen molar-refractivity contribution in [2.24, 2.45) is 29.4 Å². The molecule has 2 saturated carbocycles. The molecule has 6 atom stereocenters. The Hall–Kier alpha value is -2.95. The maximum Gasteiger partial charge on any atom is 0.235 e. The number of ketones is 4. The number of likely N-dealkylation sites (N-methyl/N-ethyl adjacent to an activating group) is 1. The van der Waals surface area contributed by atoms with Crippen LogP contribution in [0, 0.1) is 23.7 Å². The summed E-state index contributed by atoms with van der Waals surface area (Å²) < 4.78 is 5.66. The van der Waals surface area contributed by atoms with E-state index in [2.05, 4.69) is 0 Å². The number of amides is 1. The molecule has 3 aliphatic carbocycles. The Labute approximate surface area is 196 Å². The van der Waals surface area contributed by atoms with Crippen LogP contribution in [0.2, 0.25) is 0 Å². The van der Waals surface area contributed by atoms with E-state index in [-0.39, 0.29) is 30.9 Å². The predicted octanol–water partition coefficient (Wildman–Crippen LogP) is -1.08. The van der Waals surface area contributed by atoms with Gasteiger partial charge in [-0.2, -0.15) is 0 Å². The van der Waals surface area contributed by atoms with Crippen LogP contribution in [0.1, 0.15) is 28.8 Å². The summed E-state index contributed by atoms with van der Waals surface area (Å²) in [6.07, 6.45) is 0.746. The van der Waals surface area contributed by atoms with E-state index in [4.69, 9.17) is 15.6 Å². The van der Waals surface area contributed by atoms with Crippen LogP contribution in [0.4, 0.5) is 0 Å². The van der Waals surface area contributed by atoms with E-state index in [1.54, 1.807) is 32.3 Å². The third kappa shape index (κ3) is 3.40. The molecule has 6 unspecified atom stereocenters. The first-order valence-electron chi connectivity index (χ1n) is 11.3. The summed E-state index contributed by atoms with van der Waals surface area (Å²) in [6.45, 7) is 0.0785. The smallest absolute Gasteiger partial charge is 0.235 e. The fraction of sp³-hybridized carbons (Fsp3) is 0.542. The van der Waals surface area contributed by atoms with E-state index in [0.29, 0.717) is 18.4 Å². The molecule has 1 aromatic rings. The van der Waals surface area contributed by atoms with E-state index in [0.717, 1.165) is 0 Å². The number of Topliss-reactive ketones (excluding diaryl/α,β-unsaturated/α-hetero) is 4. The molecule has 0 aliphatic heterocycles. The molecular formula is C24H28N2O8. The Morgan fingerprint density at radius 2 is 1.91 bits per heavy atom. The Bertz CT molecular complexity index is 1080. The van der Waals surface area contributed by atoms with Crippen molar-refractivity contribution in [2.45, 2.75) is 30.9 Å². The molecule has 0 heterocycles. The van der Waals surface area contributed by atoms with Crippen molar-refractivity contribution in [3.8, 4) is 5.75 Å². The van der Waals surface area contributed by atoms with Gasteiger partial charge in [0.2, 0.25) is 5.91 Å². The highest BCUT2D eigenvalue weighted by Gasteiger charge is 2.69. The molecular weight excluding hydrogens is 444 g/mol. The molecule has 0 spiro atoms. The molecule has 10 nitrogen and oxygen atoms in total. The Morgan fingerprint density at radius 1 is 1.21 bits per heavy atom. The summed E-state index contributed by atoms with van der Waals surface area (Å²) >= 11 is 0. The van der Waals surface area contributed by atoms with E-state index in [1.807, 2.05) is 0 Å². The van der Waals surface area contributed by atoms with Crippen molar-refractivity contribution in [2.75, 3.05) is 27.3 Å². The van der Waals surface area contributed by atoms with Gasteiger partial charge < -0.3 is 20.7 Å². The van der Waals surface area contributed by atoms with Crippen LogP contribution in [0.15, 0.2) is 18.2 Å². The topological polar surface area (TPSA) is 164 Å². The summed E-state index contributed by atoms with van der Waals surface area (Å²) in [5, 5.41) is 20.5. The number of fused-ring (bicyclic) bond motifs is 3. The third-order valence-corrected chi connectivity index (χ3v) is 7.34. The van der Waals surface area contributed by atoms with E-state index < -0.39 is 64.4 Å². The molecule has 34 heavy (non-hydrogen) atoms. The lowest BCUT2D eigenvalue weighted by Gasteiger charge is -2.52. The normalized spacial score (nSPS) is 32.8. The minimum atomic E-state index is -2.68. The summed E-state index contributed by atoms with van der Waals surface area (Å²) in [5.74, 6) is -9.43. The number of carbonyl (C=O) groups is 5. The summed E-state index contributed by atoms with van der Waals surface area (Å²) in [7, 11) is 3.12. The Morgan fingerprint density at radius 3 is 2.53 bits per heavy atom. The lowest BCUT2D eigenvalue weighted by Crippen LogP contribution is -2.74. The minimum absolute atomic E-state index is 0.0689. The van der Waals surface area contributed by atoms with Crippen LogP contribution in [0.5, 0.6) is 5.75 Å². The van der Waals surface area contributed by atoms with Gasteiger partial charge >= 0.3 is 0 Å². The van der Waals surface area contributed by atoms with Crippen molar-refractivity contribution >= 4 is 29.0 Å². The third-order valence-electron chi connectivity index (χ3n) is 7.34. The molecule has 0 aromatic heterocycles. The maximum atomic E-state index is 13.7. The second kappa shape index (κ2) is 8.68. The number of hydrogen-bond donors (Lipinski definition) is 3. The van der Waals surface area contributed by atoms with Gasteiger partial charge in [0.05, 0.1) is 24.1 Å². The van der Waals surface area contributed by atoms with Gasteiger partial charge in [-0.05, 0) is 44.5 Å². The number of ether oxygens (including phenoxy) is 1. The Kier molecular flexibility index (Phi) is 6.17. The average molecular weight is 472 g/mol. The van der Waals surface area contributed by atoms with Crippen LogP contribution in [-0.2, 0) is 25.6 Å². The largest absolute Gasteiger partial charge is 0.493 e. The average Bonchev–Trinajstić information content (AvgIpc) is 2.76. The second-order valence-corrected chi connectivity index (χ2v) is 9.51. The molecule has 4 N–H and O–H groups in total. The SMILES string of the molecule is CN(C)C1C(=O)C(C(N)=O)C(=O)C2(O)C(=O)C3C(=O)c4c(cccc4OCCCO)CC3CC12. The highest BCUT2D eigenvalue weighted by Crippen LogP contribution is 2.50. The van der Waals surface area contributed by atoms with E-state index in [1.165, 1.54) is 4.90 Å². The zero-order valence-electron chi connectivity index (χ0n) is 19.0. The van der Waals surface area contributed by atoms with Crippen LogP contribution < -0.4 is 10.5 Å². The summed E-state index contributed by atoms with van der Waals surface area (Å²) in [6, 6.07) is 4.00. The number of aliphatic hydroxyl groups is 2. The van der Waals surface area contributed by atoms with Gasteiger partial charge in [-0.3, -0.25) is 28.9 Å². The van der Waals surface area contributed by atoms with Gasteiger partial charge in [-0.25, -0.2) is 0 Å². The second-order valence-electron chi connectivity index (χ2n) is 9.51. The summed E-state index contributed by atoms with van der Waals surface area (Å²) in [5.41, 5.74) is 3.53. The van der Waals surface area contributed by atoms with Gasteiger partial charge in [0.25, 0.3) is 0 Å². The molecule has 2 fully saturated rings. The zero-order valence-corrected chi connectivity index (χ0v) is 19.0. The number of carbonyl (C=O) groups excluding carboxylic acids is 5. The maximum absolute atomic E-state index is 13.7. The van der Waals surface area contributed by atoms with Gasteiger partial charge in [-0.1, -0.05) is 12.1 Å². The van der Waals surface area contributed by atoms with Gasteiger partial charge in [0.15, 0.2) is 34.7 Å². The van der Waals surface area contributed by atoms with E-state index >= 15 is 0 Å². The molecule has 0 radical (unpaired) electrons. The van der Waals surface area contributed by atoms with Crippen LogP contribution in [0.3, 0.4) is 0 Å². The molecule has 1 aromatic carbocycles.